The molecule has 1 aromatic heterocycles. The van der Waals surface area contributed by atoms with Crippen molar-refractivity contribution < 1.29 is 0 Å². The summed E-state index contributed by atoms with van der Waals surface area (Å²) in [7, 11) is 0. The third-order valence-electron chi connectivity index (χ3n) is 2.30. The van der Waals surface area contributed by atoms with Gasteiger partial charge in [-0.1, -0.05) is 0 Å². The first-order chi connectivity index (χ1) is 6.45. The Morgan fingerprint density at radius 3 is 3.23 bits per heavy atom. The predicted molar refractivity (Wildman–Crippen MR) is 51.5 cm³/mol. The molecule has 2 heterocycles. The fourth-order valence-corrected chi connectivity index (χ4v) is 1.53. The maximum atomic E-state index is 4.15. The molecule has 1 aromatic rings. The lowest BCUT2D eigenvalue weighted by atomic mass is 10.1. The molecule has 4 heteroatoms. The van der Waals surface area contributed by atoms with Gasteiger partial charge in [-0.2, -0.15) is 0 Å². The first-order valence-electron chi connectivity index (χ1n) is 4.66. The van der Waals surface area contributed by atoms with Crippen molar-refractivity contribution in [1.82, 2.24) is 15.3 Å². The highest BCUT2D eigenvalue weighted by Crippen LogP contribution is 2.08. The van der Waals surface area contributed by atoms with Gasteiger partial charge in [-0.25, -0.2) is 4.98 Å². The van der Waals surface area contributed by atoms with E-state index in [-0.39, 0.29) is 0 Å². The molecule has 2 rings (SSSR count). The Morgan fingerprint density at radius 1 is 1.54 bits per heavy atom. The monoisotopic (exact) mass is 178 g/mol. The highest BCUT2D eigenvalue weighted by molar-refractivity contribution is 5.29. The van der Waals surface area contributed by atoms with Crippen LogP contribution in [0, 0.1) is 5.92 Å². The second kappa shape index (κ2) is 4.18. The van der Waals surface area contributed by atoms with Crippen molar-refractivity contribution in [3.05, 3.63) is 18.6 Å². The van der Waals surface area contributed by atoms with E-state index in [0.717, 1.165) is 31.4 Å². The second-order valence-electron chi connectivity index (χ2n) is 3.33. The lowest BCUT2D eigenvalue weighted by molar-refractivity contribution is 0.614. The van der Waals surface area contributed by atoms with E-state index >= 15 is 0 Å². The summed E-state index contributed by atoms with van der Waals surface area (Å²) in [5.41, 5.74) is 0. The Labute approximate surface area is 77.8 Å². The van der Waals surface area contributed by atoms with Gasteiger partial charge in [0.05, 0.1) is 6.20 Å². The van der Waals surface area contributed by atoms with Crippen molar-refractivity contribution in [3.63, 3.8) is 0 Å². The van der Waals surface area contributed by atoms with Crippen LogP contribution in [0.2, 0.25) is 0 Å². The minimum Gasteiger partial charge on any atom is -0.368 e. The van der Waals surface area contributed by atoms with Crippen LogP contribution in [0.15, 0.2) is 18.6 Å². The van der Waals surface area contributed by atoms with Gasteiger partial charge < -0.3 is 10.6 Å². The smallest absolute Gasteiger partial charge is 0.144 e. The number of hydrogen-bond acceptors (Lipinski definition) is 4. The van der Waals surface area contributed by atoms with Crippen molar-refractivity contribution in [2.24, 2.45) is 5.92 Å². The zero-order valence-corrected chi connectivity index (χ0v) is 7.53. The molecule has 13 heavy (non-hydrogen) atoms. The van der Waals surface area contributed by atoms with Crippen LogP contribution in [0.25, 0.3) is 0 Å². The average molecular weight is 178 g/mol. The highest BCUT2D eigenvalue weighted by atomic mass is 15.0. The molecule has 0 radical (unpaired) electrons. The van der Waals surface area contributed by atoms with Crippen LogP contribution in [0.1, 0.15) is 6.42 Å². The standard InChI is InChI=1S/C9H14N4/c1-2-10-5-8(1)6-13-9-7-11-3-4-12-9/h3-4,7-8,10H,1-2,5-6H2,(H,12,13). The number of anilines is 1. The predicted octanol–water partition coefficient (Wildman–Crippen LogP) is 0.498. The SMILES string of the molecule is c1cnc(NCC2CCNC2)cn1. The summed E-state index contributed by atoms with van der Waals surface area (Å²) in [6.45, 7) is 3.26. The molecule has 0 aliphatic carbocycles. The number of hydrogen-bond donors (Lipinski definition) is 2. The van der Waals surface area contributed by atoms with Gasteiger partial charge in [-0.15, -0.1) is 0 Å². The molecular weight excluding hydrogens is 164 g/mol. The lowest BCUT2D eigenvalue weighted by Crippen LogP contribution is -2.17. The normalized spacial score (nSPS) is 21.7. The van der Waals surface area contributed by atoms with Crippen molar-refractivity contribution in [3.8, 4) is 0 Å². The molecule has 1 aliphatic heterocycles. The van der Waals surface area contributed by atoms with Gasteiger partial charge in [0, 0.05) is 18.9 Å². The molecule has 1 aliphatic rings. The van der Waals surface area contributed by atoms with Gasteiger partial charge in [-0.3, -0.25) is 4.98 Å². The summed E-state index contributed by atoms with van der Waals surface area (Å²) in [6.07, 6.45) is 6.40. The van der Waals surface area contributed by atoms with Crippen molar-refractivity contribution in [1.29, 1.82) is 0 Å². The van der Waals surface area contributed by atoms with Gasteiger partial charge in [-0.05, 0) is 25.4 Å². The van der Waals surface area contributed by atoms with E-state index in [4.69, 9.17) is 0 Å². The molecule has 70 valence electrons. The van der Waals surface area contributed by atoms with Crippen molar-refractivity contribution in [2.45, 2.75) is 6.42 Å². The quantitative estimate of drug-likeness (QED) is 0.707. The topological polar surface area (TPSA) is 49.8 Å². The first-order valence-corrected chi connectivity index (χ1v) is 4.66. The van der Waals surface area contributed by atoms with Gasteiger partial charge >= 0.3 is 0 Å². The summed E-state index contributed by atoms with van der Waals surface area (Å²) in [5, 5.41) is 6.61. The van der Waals surface area contributed by atoms with E-state index in [1.807, 2.05) is 0 Å². The maximum absolute atomic E-state index is 4.15. The Bertz CT molecular complexity index is 243. The van der Waals surface area contributed by atoms with E-state index in [9.17, 15) is 0 Å². The molecule has 1 unspecified atom stereocenters. The number of nitrogens with zero attached hydrogens (tertiary/aromatic N) is 2. The zero-order valence-electron chi connectivity index (χ0n) is 7.53. The fourth-order valence-electron chi connectivity index (χ4n) is 1.53. The van der Waals surface area contributed by atoms with Gasteiger partial charge in [0.25, 0.3) is 0 Å². The Balaban J connectivity index is 1.79. The van der Waals surface area contributed by atoms with E-state index in [1.54, 1.807) is 18.6 Å². The summed E-state index contributed by atoms with van der Waals surface area (Å²) >= 11 is 0. The van der Waals surface area contributed by atoms with Crippen molar-refractivity contribution >= 4 is 5.82 Å². The third kappa shape index (κ3) is 2.39. The minimum atomic E-state index is 0.738. The summed E-state index contributed by atoms with van der Waals surface area (Å²) in [5.74, 6) is 1.61. The number of aromatic nitrogens is 2. The molecule has 0 bridgehead atoms. The first kappa shape index (κ1) is 8.44. The van der Waals surface area contributed by atoms with Crippen LogP contribution in [0.3, 0.4) is 0 Å². The summed E-state index contributed by atoms with van der Waals surface area (Å²) < 4.78 is 0. The maximum Gasteiger partial charge on any atom is 0.144 e. The van der Waals surface area contributed by atoms with Gasteiger partial charge in [0.2, 0.25) is 0 Å². The van der Waals surface area contributed by atoms with E-state index in [0.29, 0.717) is 0 Å². The molecule has 1 saturated heterocycles. The largest absolute Gasteiger partial charge is 0.368 e. The Morgan fingerprint density at radius 2 is 2.54 bits per heavy atom. The molecular formula is C9H14N4. The molecule has 0 amide bonds. The third-order valence-corrected chi connectivity index (χ3v) is 2.30. The van der Waals surface area contributed by atoms with Crippen LogP contribution < -0.4 is 10.6 Å². The van der Waals surface area contributed by atoms with Crippen molar-refractivity contribution in [2.75, 3.05) is 25.0 Å². The second-order valence-corrected chi connectivity index (χ2v) is 3.33. The Hall–Kier alpha value is -1.16. The molecule has 1 fully saturated rings. The van der Waals surface area contributed by atoms with E-state index in [1.165, 1.54) is 6.42 Å². The highest BCUT2D eigenvalue weighted by Gasteiger charge is 2.13. The number of nitrogens with one attached hydrogen (secondary N) is 2. The molecule has 0 saturated carbocycles. The van der Waals surface area contributed by atoms with Gasteiger partial charge in [0.15, 0.2) is 0 Å². The lowest BCUT2D eigenvalue weighted by Gasteiger charge is -2.09. The summed E-state index contributed by atoms with van der Waals surface area (Å²) in [4.78, 5) is 8.13. The van der Waals surface area contributed by atoms with Crippen LogP contribution in [0.4, 0.5) is 5.82 Å². The molecule has 1 atom stereocenters. The van der Waals surface area contributed by atoms with E-state index < -0.39 is 0 Å². The van der Waals surface area contributed by atoms with Gasteiger partial charge in [0.1, 0.15) is 5.82 Å². The fraction of sp³-hybridized carbons (Fsp3) is 0.556. The van der Waals surface area contributed by atoms with Crippen LogP contribution >= 0.6 is 0 Å². The van der Waals surface area contributed by atoms with Crippen LogP contribution in [-0.4, -0.2) is 29.6 Å². The molecule has 0 spiro atoms. The van der Waals surface area contributed by atoms with E-state index in [2.05, 4.69) is 20.6 Å². The molecule has 4 nitrogen and oxygen atoms in total. The molecule has 0 aromatic carbocycles. The average Bonchev–Trinajstić information content (AvgIpc) is 2.69. The van der Waals surface area contributed by atoms with Crippen LogP contribution in [0.5, 0.6) is 0 Å². The van der Waals surface area contributed by atoms with Crippen LogP contribution in [-0.2, 0) is 0 Å². The zero-order chi connectivity index (χ0) is 8.93. The summed E-state index contributed by atoms with van der Waals surface area (Å²) in [6, 6.07) is 0. The number of rotatable bonds is 3. The molecule has 2 N–H and O–H groups in total. The minimum absolute atomic E-state index is 0.738. The Kier molecular flexibility index (Phi) is 2.72.